The Bertz CT molecular complexity index is 1300. The molecule has 0 radical (unpaired) electrons. The highest BCUT2D eigenvalue weighted by Crippen LogP contribution is 2.20. The standard InChI is InChI=1S/C24H27N3O5S/c1-2-18(14-17-6-4-3-5-7-17)26-24(29)21-16-25-22-9-8-19(15-20(22)23(21)28)33(30,31)27-10-12-32-13-11-27/h3-9,15-16,18H,2,10-14H2,1H3,(H,25,28)(H,26,29). The molecule has 2 aromatic carbocycles. The van der Waals surface area contributed by atoms with E-state index in [1.165, 1.54) is 22.6 Å². The van der Waals surface area contributed by atoms with Gasteiger partial charge in [0.15, 0.2) is 0 Å². The van der Waals surface area contributed by atoms with Gasteiger partial charge in [0, 0.05) is 36.2 Å². The number of hydrogen-bond donors (Lipinski definition) is 2. The Morgan fingerprint density at radius 2 is 1.88 bits per heavy atom. The predicted molar refractivity (Wildman–Crippen MR) is 126 cm³/mol. The van der Waals surface area contributed by atoms with Crippen LogP contribution in [0.4, 0.5) is 0 Å². The molecule has 0 bridgehead atoms. The zero-order valence-electron chi connectivity index (χ0n) is 18.4. The number of pyridine rings is 1. The Kier molecular flexibility index (Phi) is 6.92. The Morgan fingerprint density at radius 3 is 2.58 bits per heavy atom. The molecule has 8 nitrogen and oxygen atoms in total. The third-order valence-corrected chi connectivity index (χ3v) is 7.75. The van der Waals surface area contributed by atoms with Crippen molar-refractivity contribution in [1.29, 1.82) is 0 Å². The van der Waals surface area contributed by atoms with Gasteiger partial charge in [-0.3, -0.25) is 9.59 Å². The number of benzene rings is 2. The molecule has 3 aromatic rings. The van der Waals surface area contributed by atoms with Gasteiger partial charge in [0.2, 0.25) is 15.5 Å². The number of hydrogen-bond acceptors (Lipinski definition) is 5. The molecule has 1 fully saturated rings. The quantitative estimate of drug-likeness (QED) is 0.552. The zero-order chi connectivity index (χ0) is 23.4. The lowest BCUT2D eigenvalue weighted by Gasteiger charge is -2.26. The van der Waals surface area contributed by atoms with E-state index < -0.39 is 21.4 Å². The van der Waals surface area contributed by atoms with Crippen molar-refractivity contribution in [2.24, 2.45) is 0 Å². The number of morpholine rings is 1. The van der Waals surface area contributed by atoms with E-state index in [2.05, 4.69) is 10.3 Å². The van der Waals surface area contributed by atoms with Gasteiger partial charge in [-0.2, -0.15) is 4.31 Å². The van der Waals surface area contributed by atoms with Crippen molar-refractivity contribution in [3.05, 3.63) is 76.1 Å². The van der Waals surface area contributed by atoms with Crippen molar-refractivity contribution in [3.8, 4) is 0 Å². The Hall–Kier alpha value is -3.01. The third kappa shape index (κ3) is 5.00. The average Bonchev–Trinajstić information content (AvgIpc) is 2.84. The van der Waals surface area contributed by atoms with Crippen LogP contribution in [0.3, 0.4) is 0 Å². The number of aromatic amines is 1. The summed E-state index contributed by atoms with van der Waals surface area (Å²) in [7, 11) is -3.76. The highest BCUT2D eigenvalue weighted by Gasteiger charge is 2.27. The van der Waals surface area contributed by atoms with Gasteiger partial charge in [0.1, 0.15) is 5.56 Å². The smallest absolute Gasteiger partial charge is 0.256 e. The van der Waals surface area contributed by atoms with Gasteiger partial charge >= 0.3 is 0 Å². The normalized spacial score (nSPS) is 15.9. The number of carbonyl (C=O) groups is 1. The first kappa shape index (κ1) is 23.2. The van der Waals surface area contributed by atoms with Gasteiger partial charge in [-0.25, -0.2) is 8.42 Å². The number of carbonyl (C=O) groups excluding carboxylic acids is 1. The molecular weight excluding hydrogens is 442 g/mol. The molecule has 1 amide bonds. The molecule has 9 heteroatoms. The summed E-state index contributed by atoms with van der Waals surface area (Å²) in [4.78, 5) is 29.0. The summed E-state index contributed by atoms with van der Waals surface area (Å²) >= 11 is 0. The van der Waals surface area contributed by atoms with Crippen LogP contribution in [-0.2, 0) is 21.2 Å². The van der Waals surface area contributed by atoms with E-state index in [4.69, 9.17) is 4.74 Å². The summed E-state index contributed by atoms with van der Waals surface area (Å²) in [5.74, 6) is -0.484. The van der Waals surface area contributed by atoms with Crippen molar-refractivity contribution < 1.29 is 17.9 Å². The number of nitrogens with one attached hydrogen (secondary N) is 2. The molecule has 2 heterocycles. The Balaban J connectivity index is 1.61. The number of sulfonamides is 1. The Labute approximate surface area is 192 Å². The van der Waals surface area contributed by atoms with E-state index in [-0.39, 0.29) is 35.0 Å². The number of ether oxygens (including phenoxy) is 1. The first-order valence-electron chi connectivity index (χ1n) is 11.0. The summed E-state index contributed by atoms with van der Waals surface area (Å²) in [5.41, 5.74) is 1.01. The molecule has 1 aliphatic rings. The van der Waals surface area contributed by atoms with Crippen LogP contribution < -0.4 is 10.7 Å². The molecule has 33 heavy (non-hydrogen) atoms. The van der Waals surface area contributed by atoms with Crippen LogP contribution in [-0.4, -0.2) is 56.0 Å². The van der Waals surface area contributed by atoms with E-state index in [9.17, 15) is 18.0 Å². The van der Waals surface area contributed by atoms with Crippen LogP contribution in [0.15, 0.2) is 64.4 Å². The monoisotopic (exact) mass is 469 g/mol. The molecule has 0 saturated carbocycles. The summed E-state index contributed by atoms with van der Waals surface area (Å²) in [6, 6.07) is 14.0. The maximum absolute atomic E-state index is 13.1. The van der Waals surface area contributed by atoms with Crippen LogP contribution in [0.25, 0.3) is 10.9 Å². The van der Waals surface area contributed by atoms with Crippen LogP contribution in [0.1, 0.15) is 29.3 Å². The lowest BCUT2D eigenvalue weighted by Crippen LogP contribution is -2.40. The maximum Gasteiger partial charge on any atom is 0.256 e. The minimum absolute atomic E-state index is 0.0236. The summed E-state index contributed by atoms with van der Waals surface area (Å²) < 4.78 is 32.6. The van der Waals surface area contributed by atoms with Crippen molar-refractivity contribution in [2.75, 3.05) is 26.3 Å². The van der Waals surface area contributed by atoms with Crippen molar-refractivity contribution in [2.45, 2.75) is 30.7 Å². The fraction of sp³-hybridized carbons (Fsp3) is 0.333. The van der Waals surface area contributed by atoms with Gasteiger partial charge in [-0.1, -0.05) is 37.3 Å². The third-order valence-electron chi connectivity index (χ3n) is 5.86. The molecule has 1 saturated heterocycles. The van der Waals surface area contributed by atoms with Crippen LogP contribution in [0.5, 0.6) is 0 Å². The number of aromatic nitrogens is 1. The number of nitrogens with zero attached hydrogens (tertiary/aromatic N) is 1. The number of amides is 1. The Morgan fingerprint density at radius 1 is 1.15 bits per heavy atom. The van der Waals surface area contributed by atoms with Crippen LogP contribution >= 0.6 is 0 Å². The summed E-state index contributed by atoms with van der Waals surface area (Å²) in [5, 5.41) is 3.09. The minimum atomic E-state index is -3.76. The molecule has 0 aliphatic carbocycles. The summed E-state index contributed by atoms with van der Waals surface area (Å²) in [6.07, 6.45) is 2.73. The highest BCUT2D eigenvalue weighted by atomic mass is 32.2. The average molecular weight is 470 g/mol. The van der Waals surface area contributed by atoms with Gasteiger partial charge in [-0.15, -0.1) is 0 Å². The fourth-order valence-electron chi connectivity index (χ4n) is 3.92. The number of rotatable bonds is 7. The van der Waals surface area contributed by atoms with E-state index in [0.29, 0.717) is 31.6 Å². The lowest BCUT2D eigenvalue weighted by atomic mass is 10.0. The topological polar surface area (TPSA) is 109 Å². The van der Waals surface area contributed by atoms with Gasteiger partial charge in [-0.05, 0) is 36.6 Å². The molecule has 2 N–H and O–H groups in total. The molecule has 4 rings (SSSR count). The number of fused-ring (bicyclic) bond motifs is 1. The molecule has 1 atom stereocenters. The predicted octanol–water partition coefficient (Wildman–Crippen LogP) is 2.30. The fourth-order valence-corrected chi connectivity index (χ4v) is 5.36. The largest absolute Gasteiger partial charge is 0.379 e. The van der Waals surface area contributed by atoms with E-state index in [0.717, 1.165) is 5.56 Å². The van der Waals surface area contributed by atoms with E-state index >= 15 is 0 Å². The molecule has 174 valence electrons. The van der Waals surface area contributed by atoms with Crippen molar-refractivity contribution in [1.82, 2.24) is 14.6 Å². The van der Waals surface area contributed by atoms with Crippen molar-refractivity contribution >= 4 is 26.8 Å². The maximum atomic E-state index is 13.1. The first-order valence-corrected chi connectivity index (χ1v) is 12.4. The van der Waals surface area contributed by atoms with Gasteiger partial charge in [0.25, 0.3) is 5.91 Å². The molecule has 1 aliphatic heterocycles. The second kappa shape index (κ2) is 9.86. The van der Waals surface area contributed by atoms with Gasteiger partial charge < -0.3 is 15.0 Å². The highest BCUT2D eigenvalue weighted by molar-refractivity contribution is 7.89. The lowest BCUT2D eigenvalue weighted by molar-refractivity contribution is 0.0730. The zero-order valence-corrected chi connectivity index (χ0v) is 19.2. The second-order valence-electron chi connectivity index (χ2n) is 8.02. The van der Waals surface area contributed by atoms with E-state index in [1.807, 2.05) is 37.3 Å². The molecule has 1 aromatic heterocycles. The first-order chi connectivity index (χ1) is 15.9. The van der Waals surface area contributed by atoms with Crippen molar-refractivity contribution in [3.63, 3.8) is 0 Å². The number of H-pyrrole nitrogens is 1. The second-order valence-corrected chi connectivity index (χ2v) is 9.96. The van der Waals surface area contributed by atoms with E-state index in [1.54, 1.807) is 6.07 Å². The molecular formula is C24H27N3O5S. The molecule has 0 spiro atoms. The van der Waals surface area contributed by atoms with Crippen LogP contribution in [0.2, 0.25) is 0 Å². The van der Waals surface area contributed by atoms with Crippen LogP contribution in [0, 0.1) is 0 Å². The summed E-state index contributed by atoms with van der Waals surface area (Å²) in [6.45, 7) is 3.16. The molecule has 1 unspecified atom stereocenters. The minimum Gasteiger partial charge on any atom is -0.379 e. The SMILES string of the molecule is CCC(Cc1ccccc1)NC(=O)c1c[nH]c2ccc(S(=O)(=O)N3CCOCC3)cc2c1=O. The van der Waals surface area contributed by atoms with Gasteiger partial charge in [0.05, 0.1) is 18.1 Å².